The second-order valence-electron chi connectivity index (χ2n) is 3.82. The third-order valence-electron chi connectivity index (χ3n) is 2.10. The molecule has 86 valence electrons. The van der Waals surface area contributed by atoms with Crippen molar-refractivity contribution < 1.29 is 9.47 Å². The van der Waals surface area contributed by atoms with E-state index >= 15 is 0 Å². The molecule has 0 aromatic heterocycles. The maximum absolute atomic E-state index is 5.42. The van der Waals surface area contributed by atoms with Crippen LogP contribution in [-0.4, -0.2) is 39.0 Å². The largest absolute Gasteiger partial charge is 0.382 e. The Morgan fingerprint density at radius 3 is 2.36 bits per heavy atom. The van der Waals surface area contributed by atoms with E-state index in [0.29, 0.717) is 25.3 Å². The Morgan fingerprint density at radius 1 is 1.14 bits per heavy atom. The molecule has 0 rings (SSSR count). The van der Waals surface area contributed by atoms with Crippen molar-refractivity contribution in [3.63, 3.8) is 0 Å². The van der Waals surface area contributed by atoms with Gasteiger partial charge in [-0.2, -0.15) is 0 Å². The van der Waals surface area contributed by atoms with Gasteiger partial charge in [0.2, 0.25) is 0 Å². The van der Waals surface area contributed by atoms with Gasteiger partial charge < -0.3 is 14.8 Å². The molecule has 0 aliphatic carbocycles. The molecule has 0 heterocycles. The average Bonchev–Trinajstić information content (AvgIpc) is 2.15. The molecule has 14 heavy (non-hydrogen) atoms. The predicted octanol–water partition coefficient (Wildman–Crippen LogP) is 1.82. The molecule has 0 aromatic carbocycles. The molecule has 0 fully saturated rings. The van der Waals surface area contributed by atoms with Crippen molar-refractivity contribution in [2.75, 3.05) is 26.9 Å². The topological polar surface area (TPSA) is 30.5 Å². The highest BCUT2D eigenvalue weighted by Gasteiger charge is 2.06. The number of ether oxygens (including phenoxy) is 2. The van der Waals surface area contributed by atoms with Crippen molar-refractivity contribution in [1.29, 1.82) is 0 Å². The fourth-order valence-corrected chi connectivity index (χ4v) is 1.35. The Balaban J connectivity index is 3.33. The maximum atomic E-state index is 5.42. The van der Waals surface area contributed by atoms with Gasteiger partial charge in [-0.05, 0) is 12.8 Å². The van der Waals surface area contributed by atoms with Crippen LogP contribution in [0.25, 0.3) is 0 Å². The molecule has 0 aliphatic rings. The normalized spacial score (nSPS) is 13.5. The third kappa shape index (κ3) is 8.48. The van der Waals surface area contributed by atoms with Gasteiger partial charge in [-0.15, -0.1) is 0 Å². The molecule has 0 spiro atoms. The molecule has 0 amide bonds. The Bertz CT molecular complexity index is 118. The standard InChI is InChI=1S/C11H25NO2/c1-5-11(12-10(2)3)6-7-14-9-8-13-4/h10-12H,5-9H2,1-4H3. The van der Waals surface area contributed by atoms with Crippen LogP contribution in [0.15, 0.2) is 0 Å². The van der Waals surface area contributed by atoms with Crippen molar-refractivity contribution in [2.45, 2.75) is 45.7 Å². The Kier molecular flexibility index (Phi) is 9.35. The molecule has 3 heteroatoms. The fourth-order valence-electron chi connectivity index (χ4n) is 1.35. The van der Waals surface area contributed by atoms with Crippen LogP contribution in [0.5, 0.6) is 0 Å². The number of hydrogen-bond acceptors (Lipinski definition) is 3. The van der Waals surface area contributed by atoms with Crippen molar-refractivity contribution in [3.05, 3.63) is 0 Å². The Hall–Kier alpha value is -0.120. The molecule has 0 radical (unpaired) electrons. The summed E-state index contributed by atoms with van der Waals surface area (Å²) in [5.41, 5.74) is 0. The van der Waals surface area contributed by atoms with Crippen molar-refractivity contribution in [3.8, 4) is 0 Å². The molecule has 1 atom stereocenters. The molecule has 1 N–H and O–H groups in total. The van der Waals surface area contributed by atoms with Gasteiger partial charge in [0.05, 0.1) is 13.2 Å². The zero-order valence-corrected chi connectivity index (χ0v) is 10.0. The van der Waals surface area contributed by atoms with E-state index in [9.17, 15) is 0 Å². The van der Waals surface area contributed by atoms with E-state index in [1.165, 1.54) is 0 Å². The number of hydrogen-bond donors (Lipinski definition) is 1. The summed E-state index contributed by atoms with van der Waals surface area (Å²) in [5, 5.41) is 3.51. The minimum atomic E-state index is 0.555. The van der Waals surface area contributed by atoms with E-state index in [1.807, 2.05) is 0 Å². The Labute approximate surface area is 88.2 Å². The summed E-state index contributed by atoms with van der Waals surface area (Å²) in [4.78, 5) is 0. The lowest BCUT2D eigenvalue weighted by Crippen LogP contribution is -2.35. The summed E-state index contributed by atoms with van der Waals surface area (Å²) in [7, 11) is 1.69. The summed E-state index contributed by atoms with van der Waals surface area (Å²) in [6.07, 6.45) is 2.24. The van der Waals surface area contributed by atoms with Gasteiger partial charge in [0.15, 0.2) is 0 Å². The zero-order chi connectivity index (χ0) is 10.8. The first-order valence-corrected chi connectivity index (χ1v) is 5.53. The molecule has 3 nitrogen and oxygen atoms in total. The van der Waals surface area contributed by atoms with Crippen LogP contribution in [0.1, 0.15) is 33.6 Å². The van der Waals surface area contributed by atoms with Gasteiger partial charge in [0, 0.05) is 25.8 Å². The second kappa shape index (κ2) is 9.44. The van der Waals surface area contributed by atoms with Crippen LogP contribution >= 0.6 is 0 Å². The van der Waals surface area contributed by atoms with Crippen LogP contribution in [0.2, 0.25) is 0 Å². The SMILES string of the molecule is CCC(CCOCCOC)NC(C)C. The van der Waals surface area contributed by atoms with Crippen LogP contribution in [0.4, 0.5) is 0 Å². The molecule has 0 saturated heterocycles. The van der Waals surface area contributed by atoms with Crippen LogP contribution in [-0.2, 0) is 9.47 Å². The Morgan fingerprint density at radius 2 is 1.86 bits per heavy atom. The molecular weight excluding hydrogens is 178 g/mol. The fraction of sp³-hybridized carbons (Fsp3) is 1.00. The molecule has 0 aliphatic heterocycles. The van der Waals surface area contributed by atoms with Gasteiger partial charge in [-0.1, -0.05) is 20.8 Å². The molecule has 1 unspecified atom stereocenters. The first kappa shape index (κ1) is 13.9. The summed E-state index contributed by atoms with van der Waals surface area (Å²) >= 11 is 0. The van der Waals surface area contributed by atoms with E-state index in [4.69, 9.17) is 9.47 Å². The van der Waals surface area contributed by atoms with Crippen molar-refractivity contribution in [2.24, 2.45) is 0 Å². The maximum Gasteiger partial charge on any atom is 0.0700 e. The van der Waals surface area contributed by atoms with Gasteiger partial charge in [0.25, 0.3) is 0 Å². The predicted molar refractivity (Wildman–Crippen MR) is 59.7 cm³/mol. The van der Waals surface area contributed by atoms with Gasteiger partial charge in [0.1, 0.15) is 0 Å². The minimum Gasteiger partial charge on any atom is -0.382 e. The van der Waals surface area contributed by atoms with E-state index in [1.54, 1.807) is 7.11 Å². The van der Waals surface area contributed by atoms with E-state index < -0.39 is 0 Å². The monoisotopic (exact) mass is 203 g/mol. The first-order valence-electron chi connectivity index (χ1n) is 5.53. The smallest absolute Gasteiger partial charge is 0.0700 e. The summed E-state index contributed by atoms with van der Waals surface area (Å²) in [6.45, 7) is 8.77. The average molecular weight is 203 g/mol. The van der Waals surface area contributed by atoms with Gasteiger partial charge in [-0.25, -0.2) is 0 Å². The highest BCUT2D eigenvalue weighted by Crippen LogP contribution is 1.99. The summed E-state index contributed by atoms with van der Waals surface area (Å²) in [5.74, 6) is 0. The lowest BCUT2D eigenvalue weighted by molar-refractivity contribution is 0.0653. The molecular formula is C11H25NO2. The molecule has 0 aromatic rings. The minimum absolute atomic E-state index is 0.555. The van der Waals surface area contributed by atoms with E-state index in [-0.39, 0.29) is 0 Å². The summed E-state index contributed by atoms with van der Waals surface area (Å²) < 4.78 is 10.3. The number of methoxy groups -OCH3 is 1. The van der Waals surface area contributed by atoms with Crippen LogP contribution < -0.4 is 5.32 Å². The van der Waals surface area contributed by atoms with E-state index in [2.05, 4.69) is 26.1 Å². The third-order valence-corrected chi connectivity index (χ3v) is 2.10. The lowest BCUT2D eigenvalue weighted by Gasteiger charge is -2.19. The van der Waals surface area contributed by atoms with Gasteiger partial charge in [-0.3, -0.25) is 0 Å². The molecule has 0 saturated carbocycles. The van der Waals surface area contributed by atoms with Crippen LogP contribution in [0, 0.1) is 0 Å². The number of nitrogens with one attached hydrogen (secondary N) is 1. The van der Waals surface area contributed by atoms with Gasteiger partial charge >= 0.3 is 0 Å². The zero-order valence-electron chi connectivity index (χ0n) is 10.0. The molecule has 0 bridgehead atoms. The van der Waals surface area contributed by atoms with Crippen molar-refractivity contribution >= 4 is 0 Å². The van der Waals surface area contributed by atoms with Crippen molar-refractivity contribution in [1.82, 2.24) is 5.32 Å². The number of rotatable bonds is 9. The second-order valence-corrected chi connectivity index (χ2v) is 3.82. The van der Waals surface area contributed by atoms with E-state index in [0.717, 1.165) is 19.4 Å². The summed E-state index contributed by atoms with van der Waals surface area (Å²) in [6, 6.07) is 1.14. The van der Waals surface area contributed by atoms with Crippen LogP contribution in [0.3, 0.4) is 0 Å². The quantitative estimate of drug-likeness (QED) is 0.580. The highest BCUT2D eigenvalue weighted by atomic mass is 16.5. The first-order chi connectivity index (χ1) is 6.70. The lowest BCUT2D eigenvalue weighted by atomic mass is 10.1. The highest BCUT2D eigenvalue weighted by molar-refractivity contribution is 4.66.